The Hall–Kier alpha value is -2.62. The van der Waals surface area contributed by atoms with Crippen LogP contribution < -0.4 is 11.2 Å². The lowest BCUT2D eigenvalue weighted by Crippen LogP contribution is -2.56. The van der Waals surface area contributed by atoms with Gasteiger partial charge in [-0.1, -0.05) is 37.3 Å². The van der Waals surface area contributed by atoms with E-state index in [1.54, 1.807) is 20.8 Å². The zero-order valence-electron chi connectivity index (χ0n) is 20.6. The smallest absolute Gasteiger partial charge is 0.425 e. The van der Waals surface area contributed by atoms with Gasteiger partial charge in [-0.05, 0) is 70.4 Å². The van der Waals surface area contributed by atoms with Gasteiger partial charge in [-0.3, -0.25) is 0 Å². The van der Waals surface area contributed by atoms with E-state index in [4.69, 9.17) is 10.5 Å². The van der Waals surface area contributed by atoms with E-state index in [9.17, 15) is 18.3 Å². The van der Waals surface area contributed by atoms with E-state index in [-0.39, 0.29) is 17.5 Å². The van der Waals surface area contributed by atoms with Crippen LogP contribution in [0.15, 0.2) is 59.5 Å². The summed E-state index contributed by atoms with van der Waals surface area (Å²) in [6, 6.07) is 15.3. The van der Waals surface area contributed by atoms with Crippen molar-refractivity contribution in [2.75, 3.05) is 18.0 Å². The molecule has 2 aromatic carbocycles. The largest absolute Gasteiger partial charge is 0.443 e. The summed E-state index contributed by atoms with van der Waals surface area (Å²) in [5.41, 5.74) is 7.72. The van der Waals surface area contributed by atoms with Crippen molar-refractivity contribution in [2.24, 2.45) is 0 Å². The number of hydrogen-bond donors (Lipinski definition) is 3. The molecule has 0 aliphatic heterocycles. The highest BCUT2D eigenvalue weighted by Crippen LogP contribution is 2.20. The highest BCUT2D eigenvalue weighted by atomic mass is 32.2. The highest BCUT2D eigenvalue weighted by Gasteiger charge is 2.33. The van der Waals surface area contributed by atoms with E-state index in [2.05, 4.69) is 5.43 Å². The van der Waals surface area contributed by atoms with Crippen LogP contribution in [-0.2, 0) is 21.0 Å². The second-order valence-electron chi connectivity index (χ2n) is 9.76. The zero-order valence-corrected chi connectivity index (χ0v) is 21.4. The van der Waals surface area contributed by atoms with Gasteiger partial charge in [0.25, 0.3) is 0 Å². The molecule has 0 unspecified atom stereocenters. The molecular weight excluding hydrogens is 454 g/mol. The fraction of sp³-hybridized carbons (Fsp3) is 0.480. The summed E-state index contributed by atoms with van der Waals surface area (Å²) in [5.74, 6) is -0.533. The maximum absolute atomic E-state index is 13.0. The van der Waals surface area contributed by atoms with E-state index < -0.39 is 32.9 Å². The zero-order chi connectivity index (χ0) is 25.6. The summed E-state index contributed by atoms with van der Waals surface area (Å²) >= 11 is 0. The Labute approximate surface area is 203 Å². The van der Waals surface area contributed by atoms with Gasteiger partial charge in [0.1, 0.15) is 5.60 Å². The Bertz CT molecular complexity index is 1030. The van der Waals surface area contributed by atoms with E-state index >= 15 is 0 Å². The fourth-order valence-corrected chi connectivity index (χ4v) is 5.07. The number of ether oxygens (including phenoxy) is 1. The van der Waals surface area contributed by atoms with Gasteiger partial charge in [-0.25, -0.2) is 23.6 Å². The number of carbonyl (C=O) groups is 1. The molecule has 34 heavy (non-hydrogen) atoms. The van der Waals surface area contributed by atoms with E-state index in [1.165, 1.54) is 36.2 Å². The van der Waals surface area contributed by atoms with E-state index in [0.717, 1.165) is 5.56 Å². The number of nitrogens with two attached hydrogens (primary N) is 1. The Morgan fingerprint density at radius 1 is 1.09 bits per heavy atom. The fourth-order valence-electron chi connectivity index (χ4n) is 3.43. The molecule has 0 bridgehead atoms. The van der Waals surface area contributed by atoms with Crippen LogP contribution in [-0.4, -0.2) is 54.2 Å². The first-order chi connectivity index (χ1) is 15.7. The minimum absolute atomic E-state index is 0.0708. The minimum Gasteiger partial charge on any atom is -0.443 e. The molecule has 4 N–H and O–H groups in total. The third-order valence-corrected chi connectivity index (χ3v) is 7.10. The molecule has 2 rings (SSSR count). The van der Waals surface area contributed by atoms with Gasteiger partial charge in [0.05, 0.1) is 22.3 Å². The van der Waals surface area contributed by atoms with Crippen molar-refractivity contribution in [3.05, 3.63) is 60.2 Å². The first kappa shape index (κ1) is 27.6. The Balaban J connectivity index is 2.20. The summed E-state index contributed by atoms with van der Waals surface area (Å²) in [5, 5.41) is 12.3. The van der Waals surface area contributed by atoms with Gasteiger partial charge in [-0.2, -0.15) is 0 Å². The lowest BCUT2D eigenvalue weighted by molar-refractivity contribution is -0.0111. The van der Waals surface area contributed by atoms with Crippen molar-refractivity contribution in [1.29, 1.82) is 0 Å². The molecule has 188 valence electrons. The summed E-state index contributed by atoms with van der Waals surface area (Å²) in [7, 11) is -3.79. The van der Waals surface area contributed by atoms with Gasteiger partial charge >= 0.3 is 6.09 Å². The van der Waals surface area contributed by atoms with Gasteiger partial charge in [0, 0.05) is 12.2 Å². The Kier molecular flexibility index (Phi) is 9.10. The molecule has 0 saturated carbocycles. The van der Waals surface area contributed by atoms with Crippen LogP contribution in [0.1, 0.15) is 46.6 Å². The van der Waals surface area contributed by atoms with Crippen LogP contribution in [0.5, 0.6) is 0 Å². The summed E-state index contributed by atoms with van der Waals surface area (Å²) < 4.78 is 31.2. The summed E-state index contributed by atoms with van der Waals surface area (Å²) in [6.07, 6.45) is 0.593. The molecule has 0 aliphatic rings. The molecule has 0 aliphatic carbocycles. The number of hydrazine groups is 1. The third-order valence-electron chi connectivity index (χ3n) is 5.11. The van der Waals surface area contributed by atoms with Crippen molar-refractivity contribution in [3.63, 3.8) is 0 Å². The first-order valence-corrected chi connectivity index (χ1v) is 13.0. The predicted molar refractivity (Wildman–Crippen MR) is 134 cm³/mol. The predicted octanol–water partition coefficient (Wildman–Crippen LogP) is 3.56. The number of nitrogen functional groups attached to an aromatic ring is 1. The molecule has 8 nitrogen and oxygen atoms in total. The number of rotatable bonds is 10. The lowest BCUT2D eigenvalue weighted by atomic mass is 10.0. The minimum atomic E-state index is -3.79. The molecule has 0 radical (unpaired) electrons. The molecule has 9 heteroatoms. The van der Waals surface area contributed by atoms with E-state index in [0.29, 0.717) is 18.5 Å². The normalized spacial score (nSPS) is 14.8. The van der Waals surface area contributed by atoms with Crippen LogP contribution in [0.2, 0.25) is 0 Å². The van der Waals surface area contributed by atoms with Crippen molar-refractivity contribution in [1.82, 2.24) is 10.4 Å². The van der Waals surface area contributed by atoms with Crippen molar-refractivity contribution in [3.8, 4) is 0 Å². The molecule has 0 spiro atoms. The number of benzene rings is 2. The number of carbonyl (C=O) groups excluding carboxylic acids is 1. The van der Waals surface area contributed by atoms with Gasteiger partial charge < -0.3 is 15.6 Å². The number of amides is 1. The van der Waals surface area contributed by atoms with Gasteiger partial charge in [0.2, 0.25) is 0 Å². The topological polar surface area (TPSA) is 122 Å². The number of sulfone groups is 1. The molecule has 0 saturated heterocycles. The summed E-state index contributed by atoms with van der Waals surface area (Å²) in [6.45, 7) is 8.52. The monoisotopic (exact) mass is 491 g/mol. The first-order valence-electron chi connectivity index (χ1n) is 11.3. The van der Waals surface area contributed by atoms with Crippen molar-refractivity contribution >= 4 is 21.6 Å². The average Bonchev–Trinajstić information content (AvgIpc) is 2.72. The molecule has 2 aromatic rings. The van der Waals surface area contributed by atoms with Crippen LogP contribution >= 0.6 is 0 Å². The standard InChI is InChI=1S/C25H37N3O5S/c1-6-21(16-19-10-8-7-9-11-19)28(23(29)33-24(2,3)4)27-17-25(5,30)18-34(31,32)22-14-12-20(26)13-15-22/h7-15,21,27,30H,6,16-18,26H2,1-5H3/t21-,25+/m0/s1. The third kappa shape index (κ3) is 8.62. The number of aliphatic hydroxyl groups is 1. The lowest BCUT2D eigenvalue weighted by Gasteiger charge is -2.35. The van der Waals surface area contributed by atoms with Crippen molar-refractivity contribution < 1.29 is 23.1 Å². The molecule has 0 heterocycles. The maximum atomic E-state index is 13.0. The van der Waals surface area contributed by atoms with Crippen LogP contribution in [0.4, 0.5) is 10.5 Å². The average molecular weight is 492 g/mol. The Morgan fingerprint density at radius 3 is 2.21 bits per heavy atom. The number of anilines is 1. The Morgan fingerprint density at radius 2 is 1.68 bits per heavy atom. The van der Waals surface area contributed by atoms with Gasteiger partial charge in [-0.15, -0.1) is 0 Å². The van der Waals surface area contributed by atoms with Gasteiger partial charge in [0.15, 0.2) is 9.84 Å². The highest BCUT2D eigenvalue weighted by molar-refractivity contribution is 7.91. The van der Waals surface area contributed by atoms with Crippen LogP contribution in [0.3, 0.4) is 0 Å². The molecule has 2 atom stereocenters. The second-order valence-corrected chi connectivity index (χ2v) is 11.8. The number of hydrogen-bond acceptors (Lipinski definition) is 7. The molecule has 0 fully saturated rings. The molecular formula is C25H37N3O5S. The number of nitrogens with zero attached hydrogens (tertiary/aromatic N) is 1. The summed E-state index contributed by atoms with van der Waals surface area (Å²) in [4.78, 5) is 13.1. The quantitative estimate of drug-likeness (QED) is 0.343. The maximum Gasteiger partial charge on any atom is 0.425 e. The number of nitrogens with one attached hydrogen (secondary N) is 1. The SMILES string of the molecule is CC[C@@H](Cc1ccccc1)N(NC[C@@](C)(O)CS(=O)(=O)c1ccc(N)cc1)C(=O)OC(C)(C)C. The molecule has 0 aromatic heterocycles. The van der Waals surface area contributed by atoms with E-state index in [1.807, 2.05) is 37.3 Å². The van der Waals surface area contributed by atoms with Crippen LogP contribution in [0.25, 0.3) is 0 Å². The van der Waals surface area contributed by atoms with Crippen molar-refractivity contribution in [2.45, 2.75) is 69.6 Å². The van der Waals surface area contributed by atoms with Crippen LogP contribution in [0, 0.1) is 0 Å². The molecule has 1 amide bonds. The second kappa shape index (κ2) is 11.2.